The van der Waals surface area contributed by atoms with Crippen LogP contribution in [0.25, 0.3) is 0 Å². The Hall–Kier alpha value is -1.36. The van der Waals surface area contributed by atoms with Gasteiger partial charge in [0, 0.05) is 13.0 Å². The lowest BCUT2D eigenvalue weighted by Gasteiger charge is -2.22. The van der Waals surface area contributed by atoms with Crippen molar-refractivity contribution < 1.29 is 9.53 Å². The number of nitrogens with zero attached hydrogens (tertiary/aromatic N) is 2. The maximum atomic E-state index is 12.5. The zero-order chi connectivity index (χ0) is 13.7. The number of ether oxygens (including phenoxy) is 1. The van der Waals surface area contributed by atoms with Gasteiger partial charge in [-0.25, -0.2) is 0 Å². The van der Waals surface area contributed by atoms with Gasteiger partial charge < -0.3 is 10.1 Å². The van der Waals surface area contributed by atoms with Crippen LogP contribution in [-0.4, -0.2) is 35.8 Å². The van der Waals surface area contributed by atoms with Gasteiger partial charge in [0.25, 0.3) is 0 Å². The van der Waals surface area contributed by atoms with Crippen LogP contribution in [0.1, 0.15) is 43.1 Å². The number of aryl methyl sites for hydroxylation is 1. The minimum atomic E-state index is 0.150. The van der Waals surface area contributed by atoms with E-state index in [1.54, 1.807) is 18.0 Å². The zero-order valence-corrected chi connectivity index (χ0v) is 11.8. The number of hydrogen-bond acceptors (Lipinski definition) is 4. The predicted octanol–water partition coefficient (Wildman–Crippen LogP) is 1.87. The highest BCUT2D eigenvalue weighted by molar-refractivity contribution is 5.97. The molecule has 2 heterocycles. The molecule has 0 radical (unpaired) electrons. The number of rotatable bonds is 6. The Balaban J connectivity index is 2.09. The van der Waals surface area contributed by atoms with Crippen LogP contribution in [0.15, 0.2) is 6.20 Å². The van der Waals surface area contributed by atoms with E-state index in [9.17, 15) is 4.79 Å². The van der Waals surface area contributed by atoms with Gasteiger partial charge in [-0.05, 0) is 38.3 Å². The molecule has 1 aromatic heterocycles. The third-order valence-corrected chi connectivity index (χ3v) is 3.60. The minimum Gasteiger partial charge on any atom is -0.493 e. The largest absolute Gasteiger partial charge is 0.493 e. The molecular formula is C14H23N3O2. The molecule has 0 aromatic carbocycles. The summed E-state index contributed by atoms with van der Waals surface area (Å²) in [4.78, 5) is 12.5. The lowest BCUT2D eigenvalue weighted by atomic mass is 9.93. The van der Waals surface area contributed by atoms with Crippen molar-refractivity contribution in [1.82, 2.24) is 15.1 Å². The SMILES string of the molecule is CCCn1ncc(OC)c1C(=O)CC1CCCNC1. The van der Waals surface area contributed by atoms with E-state index in [0.717, 1.165) is 38.9 Å². The first-order chi connectivity index (χ1) is 9.26. The first kappa shape index (κ1) is 14.1. The molecule has 1 saturated heterocycles. The van der Waals surface area contributed by atoms with Gasteiger partial charge in [-0.1, -0.05) is 6.92 Å². The standard InChI is InChI=1S/C14H23N3O2/c1-3-7-17-14(13(19-2)10-16-17)12(18)8-11-5-4-6-15-9-11/h10-11,15H,3-9H2,1-2H3. The molecule has 0 bridgehead atoms. The van der Waals surface area contributed by atoms with E-state index in [1.165, 1.54) is 0 Å². The van der Waals surface area contributed by atoms with Gasteiger partial charge in [-0.15, -0.1) is 0 Å². The number of nitrogens with one attached hydrogen (secondary N) is 1. The van der Waals surface area contributed by atoms with Gasteiger partial charge in [0.1, 0.15) is 5.69 Å². The van der Waals surface area contributed by atoms with E-state index in [1.807, 2.05) is 0 Å². The maximum absolute atomic E-state index is 12.5. The number of methoxy groups -OCH3 is 1. The highest BCUT2D eigenvalue weighted by atomic mass is 16.5. The van der Waals surface area contributed by atoms with E-state index >= 15 is 0 Å². The molecule has 1 aliphatic rings. The van der Waals surface area contributed by atoms with Crippen LogP contribution < -0.4 is 10.1 Å². The molecule has 1 aliphatic heterocycles. The Bertz CT molecular complexity index is 422. The minimum absolute atomic E-state index is 0.150. The third-order valence-electron chi connectivity index (χ3n) is 3.60. The molecule has 0 saturated carbocycles. The van der Waals surface area contributed by atoms with Crippen LogP contribution in [-0.2, 0) is 6.54 Å². The van der Waals surface area contributed by atoms with Crippen LogP contribution in [0.2, 0.25) is 0 Å². The maximum Gasteiger partial charge on any atom is 0.184 e. The fourth-order valence-electron chi connectivity index (χ4n) is 2.64. The fraction of sp³-hybridized carbons (Fsp3) is 0.714. The van der Waals surface area contributed by atoms with Crippen molar-refractivity contribution in [2.45, 2.75) is 39.2 Å². The van der Waals surface area contributed by atoms with Gasteiger partial charge in [0.05, 0.1) is 13.3 Å². The summed E-state index contributed by atoms with van der Waals surface area (Å²) in [6, 6.07) is 0. The Morgan fingerprint density at radius 1 is 1.63 bits per heavy atom. The van der Waals surface area contributed by atoms with Gasteiger partial charge in [-0.3, -0.25) is 9.48 Å². The smallest absolute Gasteiger partial charge is 0.184 e. The first-order valence-electron chi connectivity index (χ1n) is 7.10. The molecule has 0 aliphatic carbocycles. The highest BCUT2D eigenvalue weighted by Gasteiger charge is 2.23. The lowest BCUT2D eigenvalue weighted by molar-refractivity contribution is 0.0939. The van der Waals surface area contributed by atoms with Crippen molar-refractivity contribution in [2.24, 2.45) is 5.92 Å². The topological polar surface area (TPSA) is 56.2 Å². The fourth-order valence-corrected chi connectivity index (χ4v) is 2.64. The second-order valence-electron chi connectivity index (χ2n) is 5.12. The average molecular weight is 265 g/mol. The average Bonchev–Trinajstić information content (AvgIpc) is 2.83. The second kappa shape index (κ2) is 6.70. The van der Waals surface area contributed by atoms with E-state index in [2.05, 4.69) is 17.3 Å². The summed E-state index contributed by atoms with van der Waals surface area (Å²) < 4.78 is 7.04. The molecule has 19 heavy (non-hydrogen) atoms. The van der Waals surface area contributed by atoms with Crippen molar-refractivity contribution in [3.05, 3.63) is 11.9 Å². The molecule has 1 fully saturated rings. The molecule has 0 spiro atoms. The van der Waals surface area contributed by atoms with Crippen LogP contribution in [0.3, 0.4) is 0 Å². The van der Waals surface area contributed by atoms with Crippen molar-refractivity contribution in [3.63, 3.8) is 0 Å². The van der Waals surface area contributed by atoms with E-state index in [0.29, 0.717) is 23.8 Å². The van der Waals surface area contributed by atoms with Crippen LogP contribution in [0.4, 0.5) is 0 Å². The van der Waals surface area contributed by atoms with E-state index < -0.39 is 0 Å². The van der Waals surface area contributed by atoms with Gasteiger partial charge in [0.15, 0.2) is 11.5 Å². The Kier molecular flexibility index (Phi) is 4.96. The summed E-state index contributed by atoms with van der Waals surface area (Å²) in [6.45, 7) is 4.85. The zero-order valence-electron chi connectivity index (χ0n) is 11.8. The third kappa shape index (κ3) is 3.35. The summed E-state index contributed by atoms with van der Waals surface area (Å²) in [5.41, 5.74) is 0.634. The summed E-state index contributed by atoms with van der Waals surface area (Å²) in [5, 5.41) is 7.59. The molecule has 5 heteroatoms. The number of Topliss-reactive ketones (excluding diaryl/α,β-unsaturated/α-hetero) is 1. The molecule has 2 rings (SSSR count). The highest BCUT2D eigenvalue weighted by Crippen LogP contribution is 2.23. The molecule has 5 nitrogen and oxygen atoms in total. The number of piperidine rings is 1. The molecular weight excluding hydrogens is 242 g/mol. The second-order valence-corrected chi connectivity index (χ2v) is 5.12. The summed E-state index contributed by atoms with van der Waals surface area (Å²) in [6.07, 6.45) is 5.46. The summed E-state index contributed by atoms with van der Waals surface area (Å²) in [7, 11) is 1.59. The normalized spacial score (nSPS) is 19.4. The Labute approximate surface area is 114 Å². The summed E-state index contributed by atoms with van der Waals surface area (Å²) in [5.74, 6) is 1.19. The first-order valence-corrected chi connectivity index (χ1v) is 7.10. The van der Waals surface area contributed by atoms with Gasteiger partial charge in [0.2, 0.25) is 0 Å². The lowest BCUT2D eigenvalue weighted by Crippen LogP contribution is -2.31. The van der Waals surface area contributed by atoms with Crippen molar-refractivity contribution in [1.29, 1.82) is 0 Å². The number of carbonyl (C=O) groups excluding carboxylic acids is 1. The number of carbonyl (C=O) groups is 1. The van der Waals surface area contributed by atoms with Gasteiger partial charge in [-0.2, -0.15) is 5.10 Å². The van der Waals surface area contributed by atoms with E-state index in [-0.39, 0.29) is 5.78 Å². The van der Waals surface area contributed by atoms with Crippen molar-refractivity contribution in [3.8, 4) is 5.75 Å². The van der Waals surface area contributed by atoms with Crippen LogP contribution in [0.5, 0.6) is 5.75 Å². The van der Waals surface area contributed by atoms with Crippen LogP contribution in [0, 0.1) is 5.92 Å². The molecule has 106 valence electrons. The number of ketones is 1. The molecule has 1 aromatic rings. The monoisotopic (exact) mass is 265 g/mol. The molecule has 1 unspecified atom stereocenters. The number of aromatic nitrogens is 2. The quantitative estimate of drug-likeness (QED) is 0.798. The van der Waals surface area contributed by atoms with Crippen molar-refractivity contribution >= 4 is 5.78 Å². The molecule has 1 atom stereocenters. The Morgan fingerprint density at radius 3 is 3.11 bits per heavy atom. The van der Waals surface area contributed by atoms with Gasteiger partial charge >= 0.3 is 0 Å². The number of hydrogen-bond donors (Lipinski definition) is 1. The van der Waals surface area contributed by atoms with Crippen molar-refractivity contribution in [2.75, 3.05) is 20.2 Å². The van der Waals surface area contributed by atoms with E-state index in [4.69, 9.17) is 4.74 Å². The molecule has 0 amide bonds. The molecule has 1 N–H and O–H groups in total. The predicted molar refractivity (Wildman–Crippen MR) is 73.6 cm³/mol. The van der Waals surface area contributed by atoms with Crippen LogP contribution >= 0.6 is 0 Å². The summed E-state index contributed by atoms with van der Waals surface area (Å²) >= 11 is 0. The Morgan fingerprint density at radius 2 is 2.47 bits per heavy atom.